The molecule has 3 nitrogen and oxygen atoms in total. The predicted molar refractivity (Wildman–Crippen MR) is 81.1 cm³/mol. The van der Waals surface area contributed by atoms with Crippen LogP contribution >= 0.6 is 24.0 Å². The van der Waals surface area contributed by atoms with E-state index in [4.69, 9.17) is 17.3 Å². The molecule has 1 fully saturated rings. The smallest absolute Gasteiger partial charge is 0.254 e. The fourth-order valence-electron chi connectivity index (χ4n) is 2.41. The molecule has 2 atom stereocenters. The van der Waals surface area contributed by atoms with Gasteiger partial charge in [0.05, 0.1) is 0 Å². The number of likely N-dealkylation sites (tertiary alicyclic amines) is 1. The molecule has 1 aliphatic heterocycles. The van der Waals surface area contributed by atoms with Crippen molar-refractivity contribution in [1.82, 2.24) is 4.90 Å². The lowest BCUT2D eigenvalue weighted by Gasteiger charge is -2.19. The van der Waals surface area contributed by atoms with Crippen LogP contribution in [0, 0.1) is 12.8 Å². The van der Waals surface area contributed by atoms with E-state index >= 15 is 0 Å². The standard InChI is InChI=1S/C14H19ClN2O.ClH/c1-9-12(4-3-5-13(9)15)14(18)17-7-6-11(8-17)10(2)16;/h3-5,10-11H,6-8,16H2,1-2H3;1H. The third kappa shape index (κ3) is 3.41. The second-order valence-corrected chi connectivity index (χ2v) is 5.48. The average molecular weight is 303 g/mol. The molecule has 1 heterocycles. The summed E-state index contributed by atoms with van der Waals surface area (Å²) in [4.78, 5) is 14.3. The number of benzene rings is 1. The second kappa shape index (κ2) is 6.60. The van der Waals surface area contributed by atoms with E-state index in [1.54, 1.807) is 0 Å². The molecule has 19 heavy (non-hydrogen) atoms. The Bertz CT molecular complexity index is 463. The molecule has 1 amide bonds. The highest BCUT2D eigenvalue weighted by Gasteiger charge is 2.29. The lowest BCUT2D eigenvalue weighted by molar-refractivity contribution is 0.0785. The summed E-state index contributed by atoms with van der Waals surface area (Å²) in [7, 11) is 0. The van der Waals surface area contributed by atoms with Crippen molar-refractivity contribution in [2.24, 2.45) is 11.7 Å². The summed E-state index contributed by atoms with van der Waals surface area (Å²) in [5.74, 6) is 0.478. The van der Waals surface area contributed by atoms with Crippen LogP contribution in [0.3, 0.4) is 0 Å². The third-order valence-electron chi connectivity index (χ3n) is 3.75. The number of carbonyl (C=O) groups is 1. The van der Waals surface area contributed by atoms with Crippen molar-refractivity contribution in [3.63, 3.8) is 0 Å². The fraction of sp³-hybridized carbons (Fsp3) is 0.500. The van der Waals surface area contributed by atoms with E-state index in [-0.39, 0.29) is 24.4 Å². The van der Waals surface area contributed by atoms with Crippen LogP contribution in [0.25, 0.3) is 0 Å². The molecular weight excluding hydrogens is 283 g/mol. The highest BCUT2D eigenvalue weighted by Crippen LogP contribution is 2.24. The zero-order valence-electron chi connectivity index (χ0n) is 11.2. The van der Waals surface area contributed by atoms with Crippen molar-refractivity contribution < 1.29 is 4.79 Å². The Labute approximate surface area is 125 Å². The van der Waals surface area contributed by atoms with Crippen LogP contribution in [0.4, 0.5) is 0 Å². The molecule has 1 aromatic carbocycles. The highest BCUT2D eigenvalue weighted by atomic mass is 35.5. The fourth-order valence-corrected chi connectivity index (χ4v) is 2.58. The van der Waals surface area contributed by atoms with Gasteiger partial charge < -0.3 is 10.6 Å². The number of hydrogen-bond donors (Lipinski definition) is 1. The monoisotopic (exact) mass is 302 g/mol. The highest BCUT2D eigenvalue weighted by molar-refractivity contribution is 6.31. The van der Waals surface area contributed by atoms with Gasteiger partial charge in [-0.15, -0.1) is 12.4 Å². The summed E-state index contributed by atoms with van der Waals surface area (Å²) >= 11 is 6.05. The zero-order valence-corrected chi connectivity index (χ0v) is 12.8. The van der Waals surface area contributed by atoms with Gasteiger partial charge in [-0.2, -0.15) is 0 Å². The summed E-state index contributed by atoms with van der Waals surface area (Å²) in [5, 5.41) is 0.642. The van der Waals surface area contributed by atoms with Crippen molar-refractivity contribution in [3.05, 3.63) is 34.3 Å². The average Bonchev–Trinajstić information content (AvgIpc) is 2.81. The lowest BCUT2D eigenvalue weighted by Crippen LogP contribution is -2.33. The van der Waals surface area contributed by atoms with Crippen molar-refractivity contribution >= 4 is 29.9 Å². The van der Waals surface area contributed by atoms with Crippen molar-refractivity contribution in [2.45, 2.75) is 26.3 Å². The van der Waals surface area contributed by atoms with E-state index in [2.05, 4.69) is 0 Å². The van der Waals surface area contributed by atoms with Gasteiger partial charge in [0.1, 0.15) is 0 Å². The molecule has 106 valence electrons. The van der Waals surface area contributed by atoms with Crippen LogP contribution in [-0.2, 0) is 0 Å². The van der Waals surface area contributed by atoms with E-state index in [0.29, 0.717) is 16.5 Å². The minimum absolute atomic E-state index is 0. The molecular formula is C14H20Cl2N2O. The Hall–Kier alpha value is -0.770. The quantitative estimate of drug-likeness (QED) is 0.913. The molecule has 1 aromatic rings. The van der Waals surface area contributed by atoms with Crippen LogP contribution in [0.1, 0.15) is 29.3 Å². The van der Waals surface area contributed by atoms with Crippen LogP contribution in [-0.4, -0.2) is 29.9 Å². The zero-order chi connectivity index (χ0) is 13.3. The minimum atomic E-state index is 0. The summed E-state index contributed by atoms with van der Waals surface area (Å²) < 4.78 is 0. The molecule has 0 spiro atoms. The number of rotatable bonds is 2. The summed E-state index contributed by atoms with van der Waals surface area (Å²) in [6, 6.07) is 5.61. The molecule has 0 radical (unpaired) electrons. The molecule has 2 rings (SSSR count). The van der Waals surface area contributed by atoms with Gasteiger partial charge in [0, 0.05) is 29.7 Å². The Balaban J connectivity index is 0.00000180. The normalized spacial score (nSPS) is 20.0. The van der Waals surface area contributed by atoms with Gasteiger partial charge in [-0.05, 0) is 43.9 Å². The Morgan fingerprint density at radius 1 is 1.53 bits per heavy atom. The minimum Gasteiger partial charge on any atom is -0.338 e. The van der Waals surface area contributed by atoms with E-state index in [1.165, 1.54) is 0 Å². The molecule has 2 unspecified atom stereocenters. The number of nitrogens with zero attached hydrogens (tertiary/aromatic N) is 1. The van der Waals surface area contributed by atoms with Crippen molar-refractivity contribution in [3.8, 4) is 0 Å². The van der Waals surface area contributed by atoms with Gasteiger partial charge in [-0.1, -0.05) is 17.7 Å². The van der Waals surface area contributed by atoms with Gasteiger partial charge in [-0.3, -0.25) is 4.79 Å². The third-order valence-corrected chi connectivity index (χ3v) is 4.16. The number of nitrogens with two attached hydrogens (primary N) is 1. The molecule has 0 aliphatic carbocycles. The van der Waals surface area contributed by atoms with E-state index in [0.717, 1.165) is 25.1 Å². The molecule has 0 aromatic heterocycles. The van der Waals surface area contributed by atoms with Crippen LogP contribution in [0.15, 0.2) is 18.2 Å². The van der Waals surface area contributed by atoms with Gasteiger partial charge in [0.25, 0.3) is 5.91 Å². The van der Waals surface area contributed by atoms with Gasteiger partial charge in [0.2, 0.25) is 0 Å². The first-order valence-corrected chi connectivity index (χ1v) is 6.68. The van der Waals surface area contributed by atoms with E-state index in [9.17, 15) is 4.79 Å². The number of hydrogen-bond acceptors (Lipinski definition) is 2. The van der Waals surface area contributed by atoms with Gasteiger partial charge in [0.15, 0.2) is 0 Å². The molecule has 2 N–H and O–H groups in total. The van der Waals surface area contributed by atoms with Gasteiger partial charge >= 0.3 is 0 Å². The van der Waals surface area contributed by atoms with Crippen molar-refractivity contribution in [1.29, 1.82) is 0 Å². The molecule has 0 bridgehead atoms. The van der Waals surface area contributed by atoms with E-state index in [1.807, 2.05) is 36.9 Å². The lowest BCUT2D eigenvalue weighted by atomic mass is 10.0. The SMILES string of the molecule is Cc1c(Cl)cccc1C(=O)N1CCC(C(C)N)C1.Cl. The summed E-state index contributed by atoms with van der Waals surface area (Å²) in [6.07, 6.45) is 0.989. The first-order chi connectivity index (χ1) is 8.50. The Morgan fingerprint density at radius 2 is 2.21 bits per heavy atom. The van der Waals surface area contributed by atoms with Crippen LogP contribution < -0.4 is 5.73 Å². The maximum atomic E-state index is 12.4. The first-order valence-electron chi connectivity index (χ1n) is 6.30. The number of carbonyl (C=O) groups excluding carboxylic acids is 1. The maximum absolute atomic E-state index is 12.4. The summed E-state index contributed by atoms with van der Waals surface area (Å²) in [6.45, 7) is 5.43. The van der Waals surface area contributed by atoms with Crippen LogP contribution in [0.2, 0.25) is 5.02 Å². The predicted octanol–water partition coefficient (Wildman–Crippen LogP) is 2.88. The van der Waals surface area contributed by atoms with Crippen molar-refractivity contribution in [2.75, 3.05) is 13.1 Å². The number of amides is 1. The van der Waals surface area contributed by atoms with Gasteiger partial charge in [-0.25, -0.2) is 0 Å². The molecule has 0 saturated carbocycles. The molecule has 5 heteroatoms. The van der Waals surface area contributed by atoms with E-state index < -0.39 is 0 Å². The molecule has 1 saturated heterocycles. The topological polar surface area (TPSA) is 46.3 Å². The Kier molecular flexibility index (Phi) is 5.65. The number of halogens is 2. The summed E-state index contributed by atoms with van der Waals surface area (Å²) in [5.41, 5.74) is 7.45. The van der Waals surface area contributed by atoms with Crippen LogP contribution in [0.5, 0.6) is 0 Å². The second-order valence-electron chi connectivity index (χ2n) is 5.07. The maximum Gasteiger partial charge on any atom is 0.254 e. The molecule has 1 aliphatic rings. The Morgan fingerprint density at radius 3 is 2.79 bits per heavy atom. The largest absolute Gasteiger partial charge is 0.338 e. The first kappa shape index (κ1) is 16.3.